The molecule has 1 heterocycles. The van der Waals surface area contributed by atoms with Gasteiger partial charge in [-0.15, -0.1) is 5.10 Å². The lowest BCUT2D eigenvalue weighted by Gasteiger charge is -2.28. The van der Waals surface area contributed by atoms with Crippen LogP contribution in [0.4, 0.5) is 0 Å². The second-order valence-electron chi connectivity index (χ2n) is 6.22. The number of carbonyl (C=O) groups excluding carboxylic acids is 3. The van der Waals surface area contributed by atoms with Gasteiger partial charge in [-0.1, -0.05) is 5.21 Å². The van der Waals surface area contributed by atoms with Crippen molar-refractivity contribution in [1.29, 1.82) is 0 Å². The summed E-state index contributed by atoms with van der Waals surface area (Å²) in [5, 5.41) is 10.5. The summed E-state index contributed by atoms with van der Waals surface area (Å²) in [5.41, 5.74) is 10.7. The van der Waals surface area contributed by atoms with Crippen LogP contribution in [-0.4, -0.2) is 45.2 Å². The summed E-state index contributed by atoms with van der Waals surface area (Å²) >= 11 is 0. The number of carbonyl (C=O) groups is 3. The molecule has 0 aliphatic heterocycles. The highest BCUT2D eigenvalue weighted by molar-refractivity contribution is 5.94. The van der Waals surface area contributed by atoms with E-state index in [2.05, 4.69) is 15.6 Å². The van der Waals surface area contributed by atoms with Crippen molar-refractivity contribution in [3.8, 4) is 0 Å². The standard InChI is InChI=1S/C15H24N6O3/c16-6-5-15(24)18-11-3-1-10(2-4-11)7-13(22)12-8-21(20-19-12)9-14(17)23/h8,10-11H,1-7,9,16H2,(H2,17,23)(H,18,24). The number of amides is 2. The molecule has 132 valence electrons. The molecule has 1 aromatic rings. The Labute approximate surface area is 140 Å². The Kier molecular flexibility index (Phi) is 6.42. The molecule has 0 saturated heterocycles. The minimum Gasteiger partial charge on any atom is -0.368 e. The summed E-state index contributed by atoms with van der Waals surface area (Å²) < 4.78 is 1.26. The van der Waals surface area contributed by atoms with E-state index >= 15 is 0 Å². The molecule has 1 fully saturated rings. The zero-order chi connectivity index (χ0) is 17.5. The van der Waals surface area contributed by atoms with E-state index in [-0.39, 0.29) is 35.9 Å². The molecule has 0 unspecified atom stereocenters. The highest BCUT2D eigenvalue weighted by Crippen LogP contribution is 2.27. The molecule has 1 aromatic heterocycles. The number of hydrogen-bond donors (Lipinski definition) is 3. The monoisotopic (exact) mass is 336 g/mol. The number of primary amides is 1. The van der Waals surface area contributed by atoms with E-state index in [1.165, 1.54) is 10.9 Å². The van der Waals surface area contributed by atoms with Gasteiger partial charge in [0.15, 0.2) is 5.78 Å². The number of rotatable bonds is 8. The van der Waals surface area contributed by atoms with Gasteiger partial charge in [0.1, 0.15) is 12.2 Å². The van der Waals surface area contributed by atoms with Crippen LogP contribution in [0.1, 0.15) is 49.0 Å². The van der Waals surface area contributed by atoms with Crippen molar-refractivity contribution in [2.45, 2.75) is 51.1 Å². The number of aromatic nitrogens is 3. The lowest BCUT2D eigenvalue weighted by molar-refractivity contribution is -0.122. The van der Waals surface area contributed by atoms with Crippen LogP contribution in [0.5, 0.6) is 0 Å². The summed E-state index contributed by atoms with van der Waals surface area (Å²) in [7, 11) is 0. The van der Waals surface area contributed by atoms with Crippen molar-refractivity contribution in [3.63, 3.8) is 0 Å². The Morgan fingerprint density at radius 1 is 1.25 bits per heavy atom. The van der Waals surface area contributed by atoms with Gasteiger partial charge in [-0.2, -0.15) is 0 Å². The topological polar surface area (TPSA) is 146 Å². The second-order valence-corrected chi connectivity index (χ2v) is 6.22. The normalized spacial score (nSPS) is 20.5. The smallest absolute Gasteiger partial charge is 0.239 e. The molecular formula is C15H24N6O3. The van der Waals surface area contributed by atoms with Gasteiger partial charge in [-0.05, 0) is 31.6 Å². The fourth-order valence-corrected chi connectivity index (χ4v) is 2.97. The average molecular weight is 336 g/mol. The van der Waals surface area contributed by atoms with Crippen LogP contribution < -0.4 is 16.8 Å². The third-order valence-electron chi connectivity index (χ3n) is 4.20. The van der Waals surface area contributed by atoms with Crippen LogP contribution in [0.3, 0.4) is 0 Å². The van der Waals surface area contributed by atoms with E-state index < -0.39 is 5.91 Å². The number of hydrogen-bond acceptors (Lipinski definition) is 6. The van der Waals surface area contributed by atoms with Crippen LogP contribution in [-0.2, 0) is 16.1 Å². The van der Waals surface area contributed by atoms with Gasteiger partial charge in [0.05, 0.1) is 6.20 Å². The molecule has 24 heavy (non-hydrogen) atoms. The van der Waals surface area contributed by atoms with Crippen molar-refractivity contribution >= 4 is 17.6 Å². The number of nitrogens with two attached hydrogens (primary N) is 2. The van der Waals surface area contributed by atoms with Crippen molar-refractivity contribution in [3.05, 3.63) is 11.9 Å². The first-order chi connectivity index (χ1) is 11.5. The van der Waals surface area contributed by atoms with Gasteiger partial charge < -0.3 is 16.8 Å². The van der Waals surface area contributed by atoms with Crippen LogP contribution in [0.2, 0.25) is 0 Å². The fraction of sp³-hybridized carbons (Fsp3) is 0.667. The van der Waals surface area contributed by atoms with Crippen molar-refractivity contribution < 1.29 is 14.4 Å². The lowest BCUT2D eigenvalue weighted by Crippen LogP contribution is -2.38. The Morgan fingerprint density at radius 2 is 1.96 bits per heavy atom. The average Bonchev–Trinajstić information content (AvgIpc) is 2.97. The van der Waals surface area contributed by atoms with E-state index in [0.29, 0.717) is 19.4 Å². The second kappa shape index (κ2) is 8.53. The molecule has 2 rings (SSSR count). The maximum atomic E-state index is 12.2. The predicted octanol–water partition coefficient (Wildman–Crippen LogP) is -0.640. The Morgan fingerprint density at radius 3 is 2.58 bits per heavy atom. The molecule has 0 atom stereocenters. The first kappa shape index (κ1) is 18.1. The molecule has 0 spiro atoms. The summed E-state index contributed by atoms with van der Waals surface area (Å²) in [6.07, 6.45) is 5.69. The van der Waals surface area contributed by atoms with E-state index in [4.69, 9.17) is 11.5 Å². The van der Waals surface area contributed by atoms with Crippen molar-refractivity contribution in [1.82, 2.24) is 20.3 Å². The largest absolute Gasteiger partial charge is 0.368 e. The third-order valence-corrected chi connectivity index (χ3v) is 4.20. The van der Waals surface area contributed by atoms with E-state index in [1.54, 1.807) is 0 Å². The number of nitrogens with zero attached hydrogens (tertiary/aromatic N) is 3. The predicted molar refractivity (Wildman–Crippen MR) is 85.7 cm³/mol. The summed E-state index contributed by atoms with van der Waals surface area (Å²) in [6.45, 7) is 0.264. The minimum atomic E-state index is -0.533. The lowest BCUT2D eigenvalue weighted by atomic mass is 9.83. The molecule has 1 saturated carbocycles. The summed E-state index contributed by atoms with van der Waals surface area (Å²) in [6, 6.07) is 0.173. The van der Waals surface area contributed by atoms with Gasteiger partial charge in [-0.3, -0.25) is 14.4 Å². The third kappa shape index (κ3) is 5.41. The van der Waals surface area contributed by atoms with E-state index in [1.807, 2.05) is 0 Å². The quantitative estimate of drug-likeness (QED) is 0.538. The summed E-state index contributed by atoms with van der Waals surface area (Å²) in [5.74, 6) is -0.347. The van der Waals surface area contributed by atoms with E-state index in [9.17, 15) is 14.4 Å². The van der Waals surface area contributed by atoms with Crippen LogP contribution >= 0.6 is 0 Å². The molecule has 0 bridgehead atoms. The molecule has 1 aliphatic carbocycles. The van der Waals surface area contributed by atoms with Crippen molar-refractivity contribution in [2.75, 3.05) is 6.54 Å². The Hall–Kier alpha value is -2.29. The highest BCUT2D eigenvalue weighted by Gasteiger charge is 2.25. The first-order valence-corrected chi connectivity index (χ1v) is 8.19. The highest BCUT2D eigenvalue weighted by atomic mass is 16.2. The number of nitrogens with one attached hydrogen (secondary N) is 1. The SMILES string of the molecule is NCCC(=O)NC1CCC(CC(=O)c2cn(CC(N)=O)nn2)CC1. The maximum Gasteiger partial charge on any atom is 0.239 e. The minimum absolute atomic E-state index is 0.0110. The van der Waals surface area contributed by atoms with Gasteiger partial charge in [0.25, 0.3) is 0 Å². The molecule has 0 aromatic carbocycles. The van der Waals surface area contributed by atoms with Gasteiger partial charge in [0.2, 0.25) is 11.8 Å². The fourth-order valence-electron chi connectivity index (χ4n) is 2.97. The molecule has 9 nitrogen and oxygen atoms in total. The van der Waals surface area contributed by atoms with Gasteiger partial charge >= 0.3 is 0 Å². The van der Waals surface area contributed by atoms with Gasteiger partial charge in [0, 0.05) is 25.4 Å². The summed E-state index contributed by atoms with van der Waals surface area (Å²) in [4.78, 5) is 34.6. The van der Waals surface area contributed by atoms with Crippen LogP contribution in [0.15, 0.2) is 6.20 Å². The van der Waals surface area contributed by atoms with Crippen LogP contribution in [0.25, 0.3) is 0 Å². The molecule has 5 N–H and O–H groups in total. The molecule has 1 aliphatic rings. The maximum absolute atomic E-state index is 12.2. The Balaban J connectivity index is 1.77. The number of Topliss-reactive ketones (excluding diaryl/α,β-unsaturated/α-hetero) is 1. The molecule has 9 heteroatoms. The number of ketones is 1. The zero-order valence-electron chi connectivity index (χ0n) is 13.6. The molecule has 2 amide bonds. The van der Waals surface area contributed by atoms with Crippen LogP contribution in [0, 0.1) is 5.92 Å². The first-order valence-electron chi connectivity index (χ1n) is 8.19. The molecule has 0 radical (unpaired) electrons. The van der Waals surface area contributed by atoms with Crippen molar-refractivity contribution in [2.24, 2.45) is 17.4 Å². The van der Waals surface area contributed by atoms with Gasteiger partial charge in [-0.25, -0.2) is 4.68 Å². The zero-order valence-corrected chi connectivity index (χ0v) is 13.6. The van der Waals surface area contributed by atoms with E-state index in [0.717, 1.165) is 25.7 Å². The Bertz CT molecular complexity index is 592. The molecular weight excluding hydrogens is 312 g/mol.